The number of guanidine groups is 2. The molecule has 32 heteroatoms. The van der Waals surface area contributed by atoms with E-state index in [1.165, 1.54) is 44.9 Å². The number of carbonyl (C=O) groups excluding carboxylic acids is 10. The molecule has 0 aliphatic rings. The van der Waals surface area contributed by atoms with Crippen LogP contribution in [0.1, 0.15) is 162 Å². The minimum Gasteiger partial charge on any atom is -0.480 e. The van der Waals surface area contributed by atoms with Gasteiger partial charge in [-0.25, -0.2) is 4.79 Å². The Bertz CT molecular complexity index is 2140. The molecule has 10 atom stereocenters. The molecule has 0 aromatic heterocycles. The normalized spacial score (nSPS) is 14.6. The summed E-state index contributed by atoms with van der Waals surface area (Å²) >= 11 is 0. The Morgan fingerprint density at radius 3 is 1.06 bits per heavy atom. The highest BCUT2D eigenvalue weighted by atomic mass is 16.4. The van der Waals surface area contributed by atoms with E-state index in [9.17, 15) is 78.3 Å². The topological polar surface area (TPSA) is 566 Å². The molecular formula is C52H96N16O16. The van der Waals surface area contributed by atoms with Gasteiger partial charge in [-0.15, -0.1) is 0 Å². The Balaban J connectivity index is 6.32. The highest BCUT2D eigenvalue weighted by molar-refractivity contribution is 5.98. The van der Waals surface area contributed by atoms with Gasteiger partial charge in [-0.3, -0.25) is 57.9 Å². The van der Waals surface area contributed by atoms with Crippen molar-refractivity contribution in [2.45, 2.75) is 223 Å². The number of aliphatic hydroxyl groups is 4. The Morgan fingerprint density at radius 2 is 0.690 bits per heavy atom. The number of aliphatic hydroxyl groups excluding tert-OH is 4. The van der Waals surface area contributed by atoms with Crippen LogP contribution in [0.3, 0.4) is 0 Å². The van der Waals surface area contributed by atoms with Crippen molar-refractivity contribution in [1.82, 2.24) is 42.5 Å². The number of aliphatic carboxylic acids is 1. The number of amides is 10. The van der Waals surface area contributed by atoms with Crippen LogP contribution in [0.4, 0.5) is 0 Å². The minimum absolute atomic E-state index is 0.00363. The zero-order valence-corrected chi connectivity index (χ0v) is 48.7. The quantitative estimate of drug-likeness (QED) is 0.0154. The van der Waals surface area contributed by atoms with Crippen LogP contribution in [-0.4, -0.2) is 189 Å². The van der Waals surface area contributed by atoms with Crippen LogP contribution in [0, 0.1) is 0 Å². The van der Waals surface area contributed by atoms with Crippen LogP contribution in [-0.2, 0) is 52.7 Å². The van der Waals surface area contributed by atoms with E-state index in [1.54, 1.807) is 0 Å². The van der Waals surface area contributed by atoms with E-state index in [2.05, 4.69) is 54.1 Å². The zero-order chi connectivity index (χ0) is 63.7. The number of primary amides is 2. The summed E-state index contributed by atoms with van der Waals surface area (Å²) in [4.78, 5) is 151. The molecule has 0 aromatic carbocycles. The number of rotatable bonds is 48. The van der Waals surface area contributed by atoms with Crippen molar-refractivity contribution in [2.24, 2.45) is 44.4 Å². The first-order valence-electron chi connectivity index (χ1n) is 28.6. The van der Waals surface area contributed by atoms with Gasteiger partial charge in [-0.1, -0.05) is 84.0 Å². The number of nitrogens with one attached hydrogen (secondary N) is 8. The lowest BCUT2D eigenvalue weighted by Gasteiger charge is -2.28. The number of carbonyl (C=O) groups is 11. The molecule has 0 radical (unpaired) electrons. The molecule has 0 rings (SSSR count). The maximum absolute atomic E-state index is 14.0. The summed E-state index contributed by atoms with van der Waals surface area (Å²) < 4.78 is 0. The first-order valence-corrected chi connectivity index (χ1v) is 28.6. The minimum atomic E-state index is -1.94. The van der Waals surface area contributed by atoms with Crippen LogP contribution in [0.15, 0.2) is 9.98 Å². The average Bonchev–Trinajstić information content (AvgIpc) is 3.59. The van der Waals surface area contributed by atoms with Crippen LogP contribution in [0.25, 0.3) is 0 Å². The Morgan fingerprint density at radius 1 is 0.381 bits per heavy atom. The number of carboxylic acids is 1. The molecule has 0 spiro atoms. The van der Waals surface area contributed by atoms with Crippen molar-refractivity contribution in [2.75, 3.05) is 26.3 Å². The molecule has 10 unspecified atom stereocenters. The second kappa shape index (κ2) is 44.1. The van der Waals surface area contributed by atoms with Crippen LogP contribution >= 0.6 is 0 Å². The fourth-order valence-corrected chi connectivity index (χ4v) is 8.26. The van der Waals surface area contributed by atoms with Gasteiger partial charge in [0, 0.05) is 32.4 Å². The predicted octanol–water partition coefficient (Wildman–Crippen LogP) is -5.18. The fraction of sp³-hybridized carbons (Fsp3) is 0.750. The molecule has 480 valence electrons. The van der Waals surface area contributed by atoms with Gasteiger partial charge in [0.2, 0.25) is 59.1 Å². The number of hydrogen-bond donors (Lipinski definition) is 19. The lowest BCUT2D eigenvalue weighted by atomic mass is 10.0. The van der Waals surface area contributed by atoms with Crippen LogP contribution < -0.4 is 76.9 Å². The summed E-state index contributed by atoms with van der Waals surface area (Å²) in [5.41, 5.74) is 32.2. The summed E-state index contributed by atoms with van der Waals surface area (Å²) in [6.45, 7) is 1.97. The molecule has 32 nitrogen and oxygen atoms in total. The standard InChI is InChI=1S/C52H96N16O16/c1-4-5-6-7-8-9-10-11-12-13-14-15-16-21-40(75)61-32(19-17-26-59-51(55)56)43(76)62-34(22-24-38(53)73)45(78)67-41(30(2)71)48(81)63-33(20-18-27-60-52(57)58)44(77)65-36(28-69)46(79)66-37(29-70)47(80)68-42(31(3)72)49(82)64-35(50(83)84)23-25-39(54)74/h30-37,41-42,69-72H,4-29H2,1-3H3,(H2,53,73)(H2,54,74)(H,61,75)(H,62,76)(H,63,81)(H,64,82)(H,65,77)(H,66,79)(H,67,78)(H,68,80)(H,83,84)(H4,55,56,59)(H4,57,58,60). The van der Waals surface area contributed by atoms with Crippen LogP contribution in [0.2, 0.25) is 0 Å². The van der Waals surface area contributed by atoms with Gasteiger partial charge in [0.15, 0.2) is 11.9 Å². The van der Waals surface area contributed by atoms with Gasteiger partial charge in [0.25, 0.3) is 0 Å². The molecule has 0 fully saturated rings. The third kappa shape index (κ3) is 34.9. The maximum atomic E-state index is 14.0. The summed E-state index contributed by atoms with van der Waals surface area (Å²) in [7, 11) is 0. The number of carboxylic acid groups (broad SMARTS) is 1. The van der Waals surface area contributed by atoms with Crippen molar-refractivity contribution in [3.05, 3.63) is 0 Å². The van der Waals surface area contributed by atoms with Crippen molar-refractivity contribution >= 4 is 77.0 Å². The molecular weight excluding hydrogens is 1100 g/mol. The highest BCUT2D eigenvalue weighted by Crippen LogP contribution is 2.14. The molecule has 25 N–H and O–H groups in total. The SMILES string of the molecule is CCCCCCCCCCCCCCCC(=O)NC(CCCN=C(N)N)C(=O)NC(CCC(N)=O)C(=O)NC(C(=O)NC(CCCN=C(N)N)C(=O)NC(CO)C(=O)NC(CO)C(=O)NC(C(=O)NC(CCC(N)=O)C(=O)O)C(C)O)C(C)O. The molecule has 0 aromatic rings. The molecule has 0 heterocycles. The molecule has 0 aliphatic heterocycles. The van der Waals surface area contributed by atoms with Gasteiger partial charge in [0.1, 0.15) is 48.3 Å². The van der Waals surface area contributed by atoms with E-state index in [0.717, 1.165) is 46.0 Å². The second-order valence-electron chi connectivity index (χ2n) is 20.5. The van der Waals surface area contributed by atoms with Crippen molar-refractivity contribution < 1.29 is 78.3 Å². The fourth-order valence-electron chi connectivity index (χ4n) is 8.26. The van der Waals surface area contributed by atoms with E-state index < -0.39 is 164 Å². The Hall–Kier alpha value is -7.45. The molecule has 84 heavy (non-hydrogen) atoms. The summed E-state index contributed by atoms with van der Waals surface area (Å²) in [5.74, 6) is -12.5. The number of nitrogens with zero attached hydrogens (tertiary/aromatic N) is 2. The van der Waals surface area contributed by atoms with E-state index >= 15 is 0 Å². The summed E-state index contributed by atoms with van der Waals surface area (Å²) in [6, 6.07) is -13.8. The van der Waals surface area contributed by atoms with Gasteiger partial charge in [0.05, 0.1) is 25.4 Å². The maximum Gasteiger partial charge on any atom is 0.326 e. The lowest BCUT2D eigenvalue weighted by molar-refractivity contribution is -0.143. The summed E-state index contributed by atoms with van der Waals surface area (Å²) in [5, 5.41) is 69.0. The van der Waals surface area contributed by atoms with Crippen LogP contribution in [0.5, 0.6) is 0 Å². The zero-order valence-electron chi connectivity index (χ0n) is 48.7. The smallest absolute Gasteiger partial charge is 0.326 e. The first-order chi connectivity index (χ1) is 39.7. The molecule has 0 bridgehead atoms. The van der Waals surface area contributed by atoms with Gasteiger partial charge < -0.3 is 102 Å². The van der Waals surface area contributed by atoms with Crippen molar-refractivity contribution in [3.8, 4) is 0 Å². The van der Waals surface area contributed by atoms with Crippen molar-refractivity contribution in [3.63, 3.8) is 0 Å². The molecule has 0 saturated heterocycles. The van der Waals surface area contributed by atoms with Crippen molar-refractivity contribution in [1.29, 1.82) is 0 Å². The second-order valence-corrected chi connectivity index (χ2v) is 20.5. The van der Waals surface area contributed by atoms with Gasteiger partial charge in [-0.2, -0.15) is 0 Å². The molecule has 0 aliphatic carbocycles. The number of hydrogen-bond acceptors (Lipinski definition) is 17. The van der Waals surface area contributed by atoms with E-state index in [0.29, 0.717) is 6.42 Å². The third-order valence-corrected chi connectivity index (χ3v) is 13.0. The molecule has 10 amide bonds. The number of aliphatic imine (C=N–C) groups is 2. The number of unbranched alkanes of at least 4 members (excludes halogenated alkanes) is 12. The average molecular weight is 1200 g/mol. The Kier molecular flexibility index (Phi) is 40.2. The largest absolute Gasteiger partial charge is 0.480 e. The van der Waals surface area contributed by atoms with Gasteiger partial charge in [-0.05, 0) is 58.8 Å². The van der Waals surface area contributed by atoms with E-state index in [4.69, 9.17) is 34.4 Å². The number of nitrogens with two attached hydrogens (primary N) is 6. The molecule has 0 saturated carbocycles. The highest BCUT2D eigenvalue weighted by Gasteiger charge is 2.36. The monoisotopic (exact) mass is 1200 g/mol. The Labute approximate surface area is 489 Å². The first kappa shape index (κ1) is 76.5. The lowest BCUT2D eigenvalue weighted by Crippen LogP contribution is -2.62. The summed E-state index contributed by atoms with van der Waals surface area (Å²) in [6.07, 6.45) is 9.07. The van der Waals surface area contributed by atoms with Gasteiger partial charge >= 0.3 is 5.97 Å². The third-order valence-electron chi connectivity index (χ3n) is 13.0. The van der Waals surface area contributed by atoms with E-state index in [-0.39, 0.29) is 57.1 Å². The van der Waals surface area contributed by atoms with E-state index in [1.807, 2.05) is 5.32 Å². The predicted molar refractivity (Wildman–Crippen MR) is 308 cm³/mol.